The zero-order valence-electron chi connectivity index (χ0n) is 14.3. The van der Waals surface area contributed by atoms with Gasteiger partial charge in [-0.3, -0.25) is 14.4 Å². The molecular weight excluding hydrogens is 466 g/mol. The molecular formula is C19H14BrNO5S2. The van der Waals surface area contributed by atoms with Crippen molar-refractivity contribution in [1.29, 1.82) is 0 Å². The highest BCUT2D eigenvalue weighted by atomic mass is 79.9. The van der Waals surface area contributed by atoms with E-state index in [0.29, 0.717) is 0 Å². The number of nitrogens with one attached hydrogen (secondary N) is 1. The Hall–Kier alpha value is -1.58. The van der Waals surface area contributed by atoms with E-state index in [1.807, 2.05) is 6.07 Å². The third-order valence-corrected chi connectivity index (χ3v) is 9.86. The van der Waals surface area contributed by atoms with Gasteiger partial charge in [0, 0.05) is 26.1 Å². The largest absolute Gasteiger partial charge is 0.508 e. The fourth-order valence-electron chi connectivity index (χ4n) is 5.94. The lowest BCUT2D eigenvalue weighted by molar-refractivity contribution is -0.154. The summed E-state index contributed by atoms with van der Waals surface area (Å²) in [6.07, 6.45) is 0.808. The first-order valence-corrected chi connectivity index (χ1v) is 11.6. The van der Waals surface area contributed by atoms with Crippen LogP contribution in [0.5, 0.6) is 5.75 Å². The lowest BCUT2D eigenvalue weighted by Gasteiger charge is -2.42. The summed E-state index contributed by atoms with van der Waals surface area (Å²) in [4.78, 5) is 40.5. The summed E-state index contributed by atoms with van der Waals surface area (Å²) in [7, 11) is 0. The van der Waals surface area contributed by atoms with Crippen molar-refractivity contribution in [2.75, 3.05) is 0 Å². The number of H-pyrrole nitrogens is 1. The average Bonchev–Trinajstić information content (AvgIpc) is 3.36. The predicted octanol–water partition coefficient (Wildman–Crippen LogP) is 3.09. The van der Waals surface area contributed by atoms with Crippen molar-refractivity contribution in [3.05, 3.63) is 42.8 Å². The van der Waals surface area contributed by atoms with Crippen LogP contribution in [-0.4, -0.2) is 27.3 Å². The number of fused-ring (bicyclic) bond motifs is 9. The summed E-state index contributed by atoms with van der Waals surface area (Å²) in [6.45, 7) is 0. The number of cyclic esters (lactones) is 2. The van der Waals surface area contributed by atoms with E-state index in [4.69, 9.17) is 4.74 Å². The van der Waals surface area contributed by atoms with Crippen LogP contribution in [0, 0.1) is 29.6 Å². The van der Waals surface area contributed by atoms with Crippen LogP contribution in [-0.2, 0) is 14.3 Å². The predicted molar refractivity (Wildman–Crippen MR) is 105 cm³/mol. The molecule has 2 N–H and O–H groups in total. The molecule has 2 saturated carbocycles. The van der Waals surface area contributed by atoms with Crippen molar-refractivity contribution >= 4 is 51.0 Å². The minimum absolute atomic E-state index is 0.0141. The van der Waals surface area contributed by atoms with E-state index in [2.05, 4.69) is 20.9 Å². The number of carbonyl (C=O) groups excluding carboxylic acids is 2. The molecule has 28 heavy (non-hydrogen) atoms. The molecule has 1 saturated heterocycles. The first kappa shape index (κ1) is 17.3. The fourth-order valence-corrected chi connectivity index (χ4v) is 9.20. The zero-order chi connectivity index (χ0) is 19.3. The maximum Gasteiger partial charge on any atom is 0.317 e. The lowest BCUT2D eigenvalue weighted by Crippen LogP contribution is -2.42. The lowest BCUT2D eigenvalue weighted by atomic mass is 9.68. The van der Waals surface area contributed by atoms with Gasteiger partial charge in [0.05, 0.1) is 16.9 Å². The van der Waals surface area contributed by atoms with Gasteiger partial charge >= 0.3 is 16.8 Å². The SMILES string of the molecule is O=C1OC(=O)[C@@H]2[C@H]3C[C@H]([C@@H]12)[C@@H]1[C@@H](c2cc(Br)ccc2O)c2sc(=O)[nH]c2S[C@H]31. The van der Waals surface area contributed by atoms with Gasteiger partial charge < -0.3 is 14.8 Å². The normalized spacial score (nSPS) is 37.5. The Kier molecular flexibility index (Phi) is 3.54. The number of rotatable bonds is 1. The number of hydrogen-bond acceptors (Lipinski definition) is 7. The maximum absolute atomic E-state index is 12.4. The number of esters is 2. The standard InChI is InChI=1S/C19H14BrNO5S2/c20-5-1-2-9(22)6(3-5)10-11-7-4-8(13-12(7)17(23)26-18(13)24)14(11)27-16-15(10)28-19(25)21-16/h1-3,7-8,10-14,22H,4H2,(H,21,25)/t7-,8+,10+,11+,12+,13+,14+/m0/s1. The summed E-state index contributed by atoms with van der Waals surface area (Å²) in [5.41, 5.74) is 0.753. The van der Waals surface area contributed by atoms with Crippen molar-refractivity contribution in [3.8, 4) is 5.75 Å². The Morgan fingerprint density at radius 2 is 1.89 bits per heavy atom. The number of hydrogen-bond donors (Lipinski definition) is 2. The molecule has 0 spiro atoms. The monoisotopic (exact) mass is 479 g/mol. The van der Waals surface area contributed by atoms with E-state index in [0.717, 1.165) is 26.4 Å². The molecule has 7 atom stereocenters. The molecule has 2 aliphatic heterocycles. The first-order chi connectivity index (χ1) is 13.4. The average molecular weight is 480 g/mol. The first-order valence-electron chi connectivity index (χ1n) is 9.07. The summed E-state index contributed by atoms with van der Waals surface area (Å²) < 4.78 is 5.82. The number of phenolic OH excluding ortho intramolecular Hbond substituents is 1. The van der Waals surface area contributed by atoms with Gasteiger partial charge in [0.1, 0.15) is 5.75 Å². The zero-order valence-corrected chi connectivity index (χ0v) is 17.5. The Morgan fingerprint density at radius 3 is 2.68 bits per heavy atom. The van der Waals surface area contributed by atoms with Crippen molar-refractivity contribution in [3.63, 3.8) is 0 Å². The van der Waals surface area contributed by atoms with E-state index in [1.54, 1.807) is 23.9 Å². The van der Waals surface area contributed by atoms with Crippen LogP contribution in [0.3, 0.4) is 0 Å². The number of halogens is 1. The number of thiazole rings is 1. The molecule has 2 bridgehead atoms. The molecule has 3 heterocycles. The highest BCUT2D eigenvalue weighted by Crippen LogP contribution is 2.68. The van der Waals surface area contributed by atoms with Crippen LogP contribution >= 0.6 is 39.0 Å². The summed E-state index contributed by atoms with van der Waals surface area (Å²) >= 11 is 6.27. The molecule has 144 valence electrons. The molecule has 0 unspecified atom stereocenters. The van der Waals surface area contributed by atoms with Crippen molar-refractivity contribution in [2.24, 2.45) is 29.6 Å². The summed E-state index contributed by atoms with van der Waals surface area (Å²) in [5.74, 6) is -1.45. The van der Waals surface area contributed by atoms with Crippen LogP contribution in [0.15, 0.2) is 32.5 Å². The van der Waals surface area contributed by atoms with Crippen molar-refractivity contribution in [2.45, 2.75) is 22.6 Å². The third kappa shape index (κ3) is 2.12. The van der Waals surface area contributed by atoms with Crippen molar-refractivity contribution < 1.29 is 19.4 Å². The van der Waals surface area contributed by atoms with Gasteiger partial charge in [-0.25, -0.2) is 0 Å². The molecule has 1 aromatic heterocycles. The van der Waals surface area contributed by atoms with Gasteiger partial charge in [0.2, 0.25) is 0 Å². The van der Waals surface area contributed by atoms with Gasteiger partial charge in [-0.1, -0.05) is 27.3 Å². The maximum atomic E-state index is 12.4. The number of aromatic amines is 1. The van der Waals surface area contributed by atoms with E-state index in [9.17, 15) is 19.5 Å². The molecule has 4 aliphatic rings. The quantitative estimate of drug-likeness (QED) is 0.481. The molecule has 1 aromatic carbocycles. The van der Waals surface area contributed by atoms with Gasteiger partial charge in [0.25, 0.3) is 0 Å². The number of ether oxygens (including phenoxy) is 1. The van der Waals surface area contributed by atoms with Crippen LogP contribution in [0.25, 0.3) is 0 Å². The second-order valence-corrected chi connectivity index (χ2v) is 11.0. The highest BCUT2D eigenvalue weighted by Gasteiger charge is 2.69. The number of phenols is 1. The number of thioether (sulfide) groups is 1. The minimum Gasteiger partial charge on any atom is -0.508 e. The Balaban J connectivity index is 1.55. The summed E-state index contributed by atoms with van der Waals surface area (Å²) in [5, 5.41) is 11.6. The van der Waals surface area contributed by atoms with Gasteiger partial charge in [-0.15, -0.1) is 11.8 Å². The van der Waals surface area contributed by atoms with E-state index >= 15 is 0 Å². The number of carbonyl (C=O) groups is 2. The van der Waals surface area contributed by atoms with Crippen LogP contribution < -0.4 is 4.87 Å². The van der Waals surface area contributed by atoms with Gasteiger partial charge in [0.15, 0.2) is 0 Å². The molecule has 0 amide bonds. The third-order valence-electron chi connectivity index (χ3n) is 6.78. The fraction of sp³-hybridized carbons (Fsp3) is 0.421. The molecule has 0 radical (unpaired) electrons. The van der Waals surface area contributed by atoms with E-state index < -0.39 is 17.9 Å². The number of aromatic nitrogens is 1. The molecule has 9 heteroatoms. The molecule has 2 aliphatic carbocycles. The van der Waals surface area contributed by atoms with Gasteiger partial charge in [-0.05, 0) is 42.4 Å². The van der Waals surface area contributed by atoms with E-state index in [1.165, 1.54) is 11.3 Å². The molecule has 3 fully saturated rings. The Bertz CT molecular complexity index is 1110. The second kappa shape index (κ2) is 5.73. The van der Waals surface area contributed by atoms with Crippen LogP contribution in [0.4, 0.5) is 0 Å². The van der Waals surface area contributed by atoms with Gasteiger partial charge in [-0.2, -0.15) is 0 Å². The van der Waals surface area contributed by atoms with Crippen LogP contribution in [0.1, 0.15) is 22.8 Å². The van der Waals surface area contributed by atoms with Crippen molar-refractivity contribution in [1.82, 2.24) is 4.98 Å². The van der Waals surface area contributed by atoms with E-state index in [-0.39, 0.29) is 45.5 Å². The second-order valence-electron chi connectivity index (χ2n) is 7.90. The smallest absolute Gasteiger partial charge is 0.317 e. The Morgan fingerprint density at radius 1 is 1.14 bits per heavy atom. The topological polar surface area (TPSA) is 96.5 Å². The molecule has 6 nitrogen and oxygen atoms in total. The number of benzene rings is 1. The van der Waals surface area contributed by atoms with Crippen LogP contribution in [0.2, 0.25) is 0 Å². The highest BCUT2D eigenvalue weighted by molar-refractivity contribution is 9.10. The summed E-state index contributed by atoms with van der Waals surface area (Å²) in [6, 6.07) is 5.31. The molecule has 6 rings (SSSR count). The Labute approximate surface area is 175 Å². The number of aromatic hydroxyl groups is 1. The molecule has 2 aromatic rings. The minimum atomic E-state index is -0.406.